The van der Waals surface area contributed by atoms with Gasteiger partial charge in [0.2, 0.25) is 0 Å². The second kappa shape index (κ2) is 5.14. The molecule has 2 rings (SSSR count). The minimum Gasteiger partial charge on any atom is -0.481 e. The average molecular weight is 238 g/mol. The zero-order valence-electron chi connectivity index (χ0n) is 9.40. The van der Waals surface area contributed by atoms with Crippen molar-refractivity contribution in [1.29, 1.82) is 0 Å². The van der Waals surface area contributed by atoms with Crippen molar-refractivity contribution in [2.45, 2.75) is 12.5 Å². The Labute approximate surface area is 99.0 Å². The van der Waals surface area contributed by atoms with Crippen LogP contribution < -0.4 is 10.2 Å². The second-order valence-corrected chi connectivity index (χ2v) is 4.17. The lowest BCUT2D eigenvalue weighted by Crippen LogP contribution is -2.51. The van der Waals surface area contributed by atoms with Gasteiger partial charge in [0.05, 0.1) is 6.42 Å². The zero-order valence-corrected chi connectivity index (χ0v) is 9.40. The van der Waals surface area contributed by atoms with Crippen LogP contribution in [-0.4, -0.2) is 36.8 Å². The molecule has 1 aliphatic rings. The molecular weight excluding hydrogens is 223 g/mol. The van der Waals surface area contributed by atoms with E-state index in [0.717, 1.165) is 12.2 Å². The van der Waals surface area contributed by atoms with Gasteiger partial charge < -0.3 is 15.3 Å². The highest BCUT2D eigenvalue weighted by Crippen LogP contribution is 2.17. The van der Waals surface area contributed by atoms with Crippen LogP contribution in [0, 0.1) is 5.82 Å². The fourth-order valence-corrected chi connectivity index (χ4v) is 2.08. The van der Waals surface area contributed by atoms with Gasteiger partial charge in [0.15, 0.2) is 0 Å². The van der Waals surface area contributed by atoms with Crippen LogP contribution in [0.25, 0.3) is 0 Å². The first-order chi connectivity index (χ1) is 8.15. The minimum absolute atomic E-state index is 0.0792. The van der Waals surface area contributed by atoms with E-state index in [9.17, 15) is 9.18 Å². The Morgan fingerprint density at radius 3 is 3.12 bits per heavy atom. The van der Waals surface area contributed by atoms with E-state index in [1.807, 2.05) is 11.0 Å². The van der Waals surface area contributed by atoms with E-state index >= 15 is 0 Å². The van der Waals surface area contributed by atoms with Crippen LogP contribution in [0.15, 0.2) is 24.3 Å². The van der Waals surface area contributed by atoms with E-state index in [4.69, 9.17) is 5.11 Å². The first kappa shape index (κ1) is 11.9. The molecule has 17 heavy (non-hydrogen) atoms. The summed E-state index contributed by atoms with van der Waals surface area (Å²) in [6.07, 6.45) is 0.0891. The Morgan fingerprint density at radius 2 is 2.41 bits per heavy atom. The summed E-state index contributed by atoms with van der Waals surface area (Å²) in [5.41, 5.74) is 0.807. The SMILES string of the molecule is O=C(O)CC1CN(c2cccc(F)c2)CCN1. The third-order valence-electron chi connectivity index (χ3n) is 2.85. The minimum atomic E-state index is -0.816. The van der Waals surface area contributed by atoms with E-state index in [1.165, 1.54) is 12.1 Å². The lowest BCUT2D eigenvalue weighted by Gasteiger charge is -2.34. The number of carbonyl (C=O) groups is 1. The Kier molecular flexibility index (Phi) is 3.58. The molecule has 1 unspecified atom stereocenters. The van der Waals surface area contributed by atoms with Crippen LogP contribution in [0.4, 0.5) is 10.1 Å². The van der Waals surface area contributed by atoms with Crippen molar-refractivity contribution in [3.63, 3.8) is 0 Å². The van der Waals surface area contributed by atoms with Gasteiger partial charge in [-0.3, -0.25) is 4.79 Å². The number of carboxylic acids is 1. The summed E-state index contributed by atoms with van der Waals surface area (Å²) >= 11 is 0. The van der Waals surface area contributed by atoms with Crippen molar-refractivity contribution in [1.82, 2.24) is 5.32 Å². The maximum atomic E-state index is 13.1. The summed E-state index contributed by atoms with van der Waals surface area (Å²) in [5.74, 6) is -1.08. The van der Waals surface area contributed by atoms with Crippen LogP contribution in [0.2, 0.25) is 0 Å². The molecule has 0 spiro atoms. The molecule has 1 fully saturated rings. The van der Waals surface area contributed by atoms with Gasteiger partial charge in [0.1, 0.15) is 5.82 Å². The van der Waals surface area contributed by atoms with Crippen LogP contribution in [0.5, 0.6) is 0 Å². The van der Waals surface area contributed by atoms with Crippen molar-refractivity contribution in [2.24, 2.45) is 0 Å². The molecule has 1 saturated heterocycles. The predicted octanol–water partition coefficient (Wildman–Crippen LogP) is 1.08. The third-order valence-corrected chi connectivity index (χ3v) is 2.85. The number of benzene rings is 1. The first-order valence-electron chi connectivity index (χ1n) is 5.61. The molecule has 0 aliphatic carbocycles. The lowest BCUT2D eigenvalue weighted by atomic mass is 10.1. The average Bonchev–Trinajstić information content (AvgIpc) is 2.28. The number of aliphatic carboxylic acids is 1. The standard InChI is InChI=1S/C12H15FN2O2/c13-9-2-1-3-11(6-9)15-5-4-14-10(8-15)7-12(16)17/h1-3,6,10,14H,4-5,7-8H2,(H,16,17). The fourth-order valence-electron chi connectivity index (χ4n) is 2.08. The van der Waals surface area contributed by atoms with Gasteiger partial charge in [0, 0.05) is 31.4 Å². The summed E-state index contributed by atoms with van der Waals surface area (Å²) < 4.78 is 13.1. The van der Waals surface area contributed by atoms with Crippen molar-refractivity contribution >= 4 is 11.7 Å². The van der Waals surface area contributed by atoms with E-state index in [0.29, 0.717) is 13.1 Å². The number of nitrogens with one attached hydrogen (secondary N) is 1. The Bertz CT molecular complexity index is 411. The Morgan fingerprint density at radius 1 is 1.59 bits per heavy atom. The molecule has 5 heteroatoms. The normalized spacial score (nSPS) is 20.3. The third kappa shape index (κ3) is 3.17. The van der Waals surface area contributed by atoms with Crippen LogP contribution in [0.1, 0.15) is 6.42 Å². The molecule has 1 atom stereocenters. The summed E-state index contributed by atoms with van der Waals surface area (Å²) in [6.45, 7) is 2.07. The topological polar surface area (TPSA) is 52.6 Å². The Balaban J connectivity index is 2.04. The molecule has 0 radical (unpaired) electrons. The number of piperazine rings is 1. The number of rotatable bonds is 3. The number of halogens is 1. The molecule has 0 bridgehead atoms. The number of nitrogens with zero attached hydrogens (tertiary/aromatic N) is 1. The summed E-state index contributed by atoms with van der Waals surface area (Å²) in [6, 6.07) is 6.30. The van der Waals surface area contributed by atoms with Crippen molar-refractivity contribution in [3.05, 3.63) is 30.1 Å². The van der Waals surface area contributed by atoms with Gasteiger partial charge in [-0.05, 0) is 18.2 Å². The van der Waals surface area contributed by atoms with Gasteiger partial charge in [-0.1, -0.05) is 6.07 Å². The quantitative estimate of drug-likeness (QED) is 0.827. The molecule has 0 amide bonds. The monoisotopic (exact) mass is 238 g/mol. The first-order valence-corrected chi connectivity index (χ1v) is 5.61. The lowest BCUT2D eigenvalue weighted by molar-refractivity contribution is -0.137. The van der Waals surface area contributed by atoms with Gasteiger partial charge in [-0.2, -0.15) is 0 Å². The van der Waals surface area contributed by atoms with Crippen LogP contribution >= 0.6 is 0 Å². The second-order valence-electron chi connectivity index (χ2n) is 4.17. The number of anilines is 1. The zero-order chi connectivity index (χ0) is 12.3. The maximum absolute atomic E-state index is 13.1. The molecule has 4 nitrogen and oxygen atoms in total. The summed E-state index contributed by atoms with van der Waals surface area (Å²) in [5, 5.41) is 11.9. The molecule has 1 aromatic carbocycles. The van der Waals surface area contributed by atoms with Gasteiger partial charge >= 0.3 is 5.97 Å². The van der Waals surface area contributed by atoms with Crippen LogP contribution in [-0.2, 0) is 4.79 Å². The maximum Gasteiger partial charge on any atom is 0.304 e. The van der Waals surface area contributed by atoms with E-state index < -0.39 is 5.97 Å². The molecule has 1 heterocycles. The largest absolute Gasteiger partial charge is 0.481 e. The molecular formula is C12H15FN2O2. The molecule has 0 saturated carbocycles. The van der Waals surface area contributed by atoms with Crippen molar-refractivity contribution in [2.75, 3.05) is 24.5 Å². The van der Waals surface area contributed by atoms with E-state index in [-0.39, 0.29) is 18.3 Å². The highest BCUT2D eigenvalue weighted by molar-refractivity contribution is 5.67. The molecule has 2 N–H and O–H groups in total. The molecule has 1 aliphatic heterocycles. The predicted molar refractivity (Wildman–Crippen MR) is 62.7 cm³/mol. The molecule has 0 aromatic heterocycles. The summed E-state index contributed by atoms with van der Waals surface area (Å²) in [4.78, 5) is 12.7. The van der Waals surface area contributed by atoms with Gasteiger partial charge in [-0.25, -0.2) is 4.39 Å². The van der Waals surface area contributed by atoms with Crippen molar-refractivity contribution < 1.29 is 14.3 Å². The molecule has 92 valence electrons. The van der Waals surface area contributed by atoms with E-state index in [1.54, 1.807) is 6.07 Å². The Hall–Kier alpha value is -1.62. The van der Waals surface area contributed by atoms with Gasteiger partial charge in [0.25, 0.3) is 0 Å². The number of hydrogen-bond acceptors (Lipinski definition) is 3. The van der Waals surface area contributed by atoms with Gasteiger partial charge in [-0.15, -0.1) is 0 Å². The number of carboxylic acid groups (broad SMARTS) is 1. The molecule has 1 aromatic rings. The highest BCUT2D eigenvalue weighted by Gasteiger charge is 2.21. The van der Waals surface area contributed by atoms with Crippen molar-refractivity contribution in [3.8, 4) is 0 Å². The van der Waals surface area contributed by atoms with E-state index in [2.05, 4.69) is 5.32 Å². The summed E-state index contributed by atoms with van der Waals surface area (Å²) in [7, 11) is 0. The van der Waals surface area contributed by atoms with Crippen LogP contribution in [0.3, 0.4) is 0 Å². The fraction of sp³-hybridized carbons (Fsp3) is 0.417. The smallest absolute Gasteiger partial charge is 0.304 e. The number of hydrogen-bond donors (Lipinski definition) is 2. The highest BCUT2D eigenvalue weighted by atomic mass is 19.1.